The van der Waals surface area contributed by atoms with E-state index >= 15 is 0 Å². The van der Waals surface area contributed by atoms with Gasteiger partial charge >= 0.3 is 0 Å². The average molecular weight is 627 g/mol. The van der Waals surface area contributed by atoms with Crippen LogP contribution in [0.15, 0.2) is 78.9 Å². The lowest BCUT2D eigenvalue weighted by Gasteiger charge is -2.35. The predicted octanol–water partition coefficient (Wildman–Crippen LogP) is 6.84. The van der Waals surface area contributed by atoms with Gasteiger partial charge in [0.15, 0.2) is 0 Å². The van der Waals surface area contributed by atoms with Crippen molar-refractivity contribution in [2.45, 2.75) is 109 Å². The van der Waals surface area contributed by atoms with Gasteiger partial charge in [0.05, 0.1) is 31.0 Å². The van der Waals surface area contributed by atoms with Gasteiger partial charge in [0, 0.05) is 17.6 Å². The number of benzene rings is 3. The Balaban J connectivity index is 1.49. The highest BCUT2D eigenvalue weighted by Gasteiger charge is 2.41. The molecule has 2 aliphatic heterocycles. The molecule has 3 aromatic carbocycles. The maximum atomic E-state index is 14.5. The summed E-state index contributed by atoms with van der Waals surface area (Å²) in [7, 11) is 0. The molecular formula is C39H50N2O5. The molecule has 2 fully saturated rings. The second-order valence-electron chi connectivity index (χ2n) is 14.8. The molecule has 2 N–H and O–H groups in total. The molecule has 2 aliphatic rings. The van der Waals surface area contributed by atoms with Crippen molar-refractivity contribution in [3.63, 3.8) is 0 Å². The molecule has 2 heterocycles. The minimum Gasteiger partial charge on any atom is -0.394 e. The largest absolute Gasteiger partial charge is 0.394 e. The van der Waals surface area contributed by atoms with Crippen molar-refractivity contribution >= 4 is 11.8 Å². The highest BCUT2D eigenvalue weighted by Crippen LogP contribution is 2.34. The van der Waals surface area contributed by atoms with Crippen molar-refractivity contribution in [2.24, 2.45) is 0 Å². The molecule has 2 amide bonds. The molecule has 0 radical (unpaired) electrons. The van der Waals surface area contributed by atoms with Crippen LogP contribution in [0.2, 0.25) is 0 Å². The summed E-state index contributed by atoms with van der Waals surface area (Å²) >= 11 is 0. The van der Waals surface area contributed by atoms with Crippen LogP contribution in [0.4, 0.5) is 0 Å². The first-order valence-electron chi connectivity index (χ1n) is 16.6. The smallest absolute Gasteiger partial charge is 0.254 e. The second-order valence-corrected chi connectivity index (χ2v) is 14.8. The normalized spacial score (nSPS) is 22.4. The molecule has 0 bridgehead atoms. The molecule has 5 rings (SSSR count). The molecule has 0 aliphatic carbocycles. The standard InChI is InChI=1S/C39H50N2O5/c1-38(2,3)30-18-16-29(17-19-30)37(44)41(24-31-20-22-33(45-31)34-23-21-32(25-42)46-34)35(36(43)40-39(4,5)6)28-14-12-27(13-15-28)26-10-8-7-9-11-26/h7-19,31-35,42H,20-25H2,1-6H3,(H,40,43)/t31-,32-,33+,34+,35?/m1/s1. The van der Waals surface area contributed by atoms with Gasteiger partial charge in [-0.05, 0) is 86.3 Å². The van der Waals surface area contributed by atoms with E-state index in [1.807, 2.05) is 87.5 Å². The summed E-state index contributed by atoms with van der Waals surface area (Å²) in [5, 5.41) is 12.7. The molecule has 0 spiro atoms. The number of nitrogens with zero attached hydrogens (tertiary/aromatic N) is 1. The number of hydrogen-bond acceptors (Lipinski definition) is 5. The maximum absolute atomic E-state index is 14.5. The number of carbonyl (C=O) groups excluding carboxylic acids is 2. The summed E-state index contributed by atoms with van der Waals surface area (Å²) in [5.74, 6) is -0.453. The zero-order valence-electron chi connectivity index (χ0n) is 28.2. The average Bonchev–Trinajstić information content (AvgIpc) is 3.70. The number of rotatable bonds is 9. The lowest BCUT2D eigenvalue weighted by atomic mass is 9.86. The van der Waals surface area contributed by atoms with E-state index in [9.17, 15) is 14.7 Å². The number of ether oxygens (including phenoxy) is 2. The first kappa shape index (κ1) is 33.8. The van der Waals surface area contributed by atoms with Crippen molar-refractivity contribution in [1.29, 1.82) is 0 Å². The Morgan fingerprint density at radius 3 is 1.89 bits per heavy atom. The van der Waals surface area contributed by atoms with E-state index in [2.05, 4.69) is 38.2 Å². The lowest BCUT2D eigenvalue weighted by Crippen LogP contribution is -2.51. The molecule has 246 valence electrons. The molecule has 1 unspecified atom stereocenters. The number of hydrogen-bond donors (Lipinski definition) is 2. The van der Waals surface area contributed by atoms with Gasteiger partial charge < -0.3 is 24.8 Å². The third-order valence-electron chi connectivity index (χ3n) is 8.95. The van der Waals surface area contributed by atoms with Crippen LogP contribution in [0.3, 0.4) is 0 Å². The Morgan fingerprint density at radius 1 is 0.783 bits per heavy atom. The topological polar surface area (TPSA) is 88.1 Å². The Bertz CT molecular complexity index is 1460. The molecule has 7 nitrogen and oxygen atoms in total. The van der Waals surface area contributed by atoms with Crippen LogP contribution >= 0.6 is 0 Å². The van der Waals surface area contributed by atoms with Gasteiger partial charge in [0.2, 0.25) is 5.91 Å². The molecule has 46 heavy (non-hydrogen) atoms. The Labute approximate surface area is 274 Å². The molecule has 2 saturated heterocycles. The zero-order chi connectivity index (χ0) is 33.1. The van der Waals surface area contributed by atoms with E-state index < -0.39 is 11.6 Å². The zero-order valence-corrected chi connectivity index (χ0v) is 28.2. The number of amides is 2. The molecular weight excluding hydrogens is 576 g/mol. The van der Waals surface area contributed by atoms with Gasteiger partial charge in [-0.15, -0.1) is 0 Å². The van der Waals surface area contributed by atoms with E-state index in [-0.39, 0.29) is 54.8 Å². The fourth-order valence-corrected chi connectivity index (χ4v) is 6.49. The van der Waals surface area contributed by atoms with Crippen molar-refractivity contribution < 1.29 is 24.2 Å². The lowest BCUT2D eigenvalue weighted by molar-refractivity contribution is -0.128. The van der Waals surface area contributed by atoms with Crippen molar-refractivity contribution in [2.75, 3.05) is 13.2 Å². The minimum absolute atomic E-state index is 0.0105. The third-order valence-corrected chi connectivity index (χ3v) is 8.95. The van der Waals surface area contributed by atoms with E-state index in [1.165, 1.54) is 0 Å². The number of aliphatic hydroxyl groups is 1. The van der Waals surface area contributed by atoms with E-state index in [0.29, 0.717) is 5.56 Å². The van der Waals surface area contributed by atoms with Gasteiger partial charge in [-0.25, -0.2) is 0 Å². The van der Waals surface area contributed by atoms with E-state index in [4.69, 9.17) is 9.47 Å². The van der Waals surface area contributed by atoms with Gasteiger partial charge in [-0.3, -0.25) is 9.59 Å². The summed E-state index contributed by atoms with van der Waals surface area (Å²) in [4.78, 5) is 30.4. The molecule has 0 aromatic heterocycles. The van der Waals surface area contributed by atoms with Crippen LogP contribution < -0.4 is 5.32 Å². The highest BCUT2D eigenvalue weighted by atomic mass is 16.6. The van der Waals surface area contributed by atoms with Gasteiger partial charge in [-0.2, -0.15) is 0 Å². The second kappa shape index (κ2) is 14.1. The predicted molar refractivity (Wildman–Crippen MR) is 182 cm³/mol. The van der Waals surface area contributed by atoms with Gasteiger partial charge in [-0.1, -0.05) is 87.5 Å². The summed E-state index contributed by atoms with van der Waals surface area (Å²) < 4.78 is 12.6. The Morgan fingerprint density at radius 2 is 1.35 bits per heavy atom. The first-order valence-corrected chi connectivity index (χ1v) is 16.6. The van der Waals surface area contributed by atoms with Crippen LogP contribution in [0, 0.1) is 0 Å². The summed E-state index contributed by atoms with van der Waals surface area (Å²) in [6.45, 7) is 12.6. The quantitative estimate of drug-likeness (QED) is 0.272. The van der Waals surface area contributed by atoms with Gasteiger partial charge in [0.25, 0.3) is 5.91 Å². The number of nitrogens with one attached hydrogen (secondary N) is 1. The Hall–Kier alpha value is -3.52. The van der Waals surface area contributed by atoms with Gasteiger partial charge in [0.1, 0.15) is 6.04 Å². The van der Waals surface area contributed by atoms with Crippen molar-refractivity contribution in [1.82, 2.24) is 10.2 Å². The minimum atomic E-state index is -0.872. The molecule has 5 atom stereocenters. The van der Waals surface area contributed by atoms with Crippen LogP contribution in [-0.2, 0) is 19.7 Å². The maximum Gasteiger partial charge on any atom is 0.254 e. The summed E-state index contributed by atoms with van der Waals surface area (Å²) in [5.41, 5.74) is 3.96. The van der Waals surface area contributed by atoms with Crippen LogP contribution in [0.5, 0.6) is 0 Å². The molecule has 3 aromatic rings. The monoisotopic (exact) mass is 626 g/mol. The van der Waals surface area contributed by atoms with E-state index in [0.717, 1.165) is 47.9 Å². The Kier molecular flexibility index (Phi) is 10.4. The first-order chi connectivity index (χ1) is 21.8. The van der Waals surface area contributed by atoms with E-state index in [1.54, 1.807) is 4.90 Å². The fourth-order valence-electron chi connectivity index (χ4n) is 6.49. The van der Waals surface area contributed by atoms with Crippen LogP contribution in [0.25, 0.3) is 11.1 Å². The molecule has 0 saturated carbocycles. The number of carbonyl (C=O) groups is 2. The summed E-state index contributed by atoms with van der Waals surface area (Å²) in [6, 6.07) is 24.9. The SMILES string of the molecule is CC(C)(C)NC(=O)C(c1ccc(-c2ccccc2)cc1)N(C[C@H]1CC[C@@H]([C@@H]2CC[C@H](CO)O2)O1)C(=O)c1ccc(C(C)(C)C)cc1. The van der Waals surface area contributed by atoms with Crippen LogP contribution in [-0.4, -0.2) is 64.9 Å². The van der Waals surface area contributed by atoms with Crippen molar-refractivity contribution in [3.05, 3.63) is 95.6 Å². The highest BCUT2D eigenvalue weighted by molar-refractivity contribution is 5.98. The fraction of sp³-hybridized carbons (Fsp3) is 0.487. The number of aliphatic hydroxyl groups excluding tert-OH is 1. The third kappa shape index (κ3) is 8.24. The van der Waals surface area contributed by atoms with Crippen LogP contribution in [0.1, 0.15) is 94.8 Å². The molecule has 7 heteroatoms. The summed E-state index contributed by atoms with van der Waals surface area (Å²) in [6.07, 6.45) is 2.64. The van der Waals surface area contributed by atoms with Crippen molar-refractivity contribution in [3.8, 4) is 11.1 Å².